The fourth-order valence-corrected chi connectivity index (χ4v) is 3.71. The summed E-state index contributed by atoms with van der Waals surface area (Å²) in [5.74, 6) is -0.358. The molecule has 5 heteroatoms. The van der Waals surface area contributed by atoms with Crippen LogP contribution in [0.3, 0.4) is 0 Å². The predicted molar refractivity (Wildman–Crippen MR) is 71.0 cm³/mol. The number of amides is 1. The molecule has 1 aliphatic heterocycles. The molecule has 0 bridgehead atoms. The summed E-state index contributed by atoms with van der Waals surface area (Å²) in [5.41, 5.74) is 0.976. The van der Waals surface area contributed by atoms with Crippen LogP contribution in [0, 0.1) is 11.8 Å². The van der Waals surface area contributed by atoms with E-state index < -0.39 is 12.0 Å². The minimum Gasteiger partial charge on any atom is -0.480 e. The van der Waals surface area contributed by atoms with Gasteiger partial charge in [-0.3, -0.25) is 4.79 Å². The zero-order chi connectivity index (χ0) is 14.1. The molecule has 1 amide bonds. The van der Waals surface area contributed by atoms with Gasteiger partial charge in [-0.15, -0.1) is 0 Å². The molecule has 1 aromatic rings. The Morgan fingerprint density at radius 1 is 1.40 bits per heavy atom. The van der Waals surface area contributed by atoms with Crippen molar-refractivity contribution in [3.8, 4) is 0 Å². The highest BCUT2D eigenvalue weighted by Crippen LogP contribution is 2.42. The second-order valence-corrected chi connectivity index (χ2v) is 5.82. The van der Waals surface area contributed by atoms with Gasteiger partial charge in [0.2, 0.25) is 5.91 Å². The summed E-state index contributed by atoms with van der Waals surface area (Å²) in [6.07, 6.45) is 7.25. The number of aryl methyl sites for hydroxylation is 1. The number of furan rings is 1. The summed E-state index contributed by atoms with van der Waals surface area (Å²) in [6.45, 7) is 0.617. The molecule has 5 nitrogen and oxygen atoms in total. The van der Waals surface area contributed by atoms with E-state index in [1.165, 1.54) is 0 Å². The lowest BCUT2D eigenvalue weighted by Crippen LogP contribution is -2.43. The largest absolute Gasteiger partial charge is 0.480 e. The van der Waals surface area contributed by atoms with Crippen LogP contribution in [0.5, 0.6) is 0 Å². The maximum atomic E-state index is 12.3. The number of carbonyl (C=O) groups is 2. The highest BCUT2D eigenvalue weighted by Gasteiger charge is 2.49. The Morgan fingerprint density at radius 3 is 2.95 bits per heavy atom. The van der Waals surface area contributed by atoms with E-state index in [4.69, 9.17) is 4.42 Å². The Kier molecular flexibility index (Phi) is 3.51. The van der Waals surface area contributed by atoms with E-state index in [9.17, 15) is 14.7 Å². The van der Waals surface area contributed by atoms with Crippen LogP contribution < -0.4 is 0 Å². The number of fused-ring (bicyclic) bond motifs is 1. The maximum absolute atomic E-state index is 12.3. The smallest absolute Gasteiger partial charge is 0.326 e. The van der Waals surface area contributed by atoms with Gasteiger partial charge in [0, 0.05) is 13.0 Å². The molecule has 2 heterocycles. The number of likely N-dealkylation sites (tertiary alicyclic amines) is 1. The second-order valence-electron chi connectivity index (χ2n) is 5.82. The molecular formula is C15H19NO4. The van der Waals surface area contributed by atoms with Crippen molar-refractivity contribution in [1.29, 1.82) is 0 Å². The number of carboxylic acids is 1. The van der Waals surface area contributed by atoms with E-state index in [2.05, 4.69) is 0 Å². The molecule has 1 saturated heterocycles. The van der Waals surface area contributed by atoms with Crippen LogP contribution in [-0.2, 0) is 16.0 Å². The molecule has 2 fully saturated rings. The average Bonchev–Trinajstić information content (AvgIpc) is 3.10. The molecule has 0 aromatic carbocycles. The van der Waals surface area contributed by atoms with Crippen molar-refractivity contribution in [3.05, 3.63) is 24.2 Å². The average molecular weight is 277 g/mol. The van der Waals surface area contributed by atoms with Gasteiger partial charge in [-0.25, -0.2) is 4.79 Å². The first-order valence-corrected chi connectivity index (χ1v) is 7.20. The van der Waals surface area contributed by atoms with E-state index >= 15 is 0 Å². The van der Waals surface area contributed by atoms with Crippen LogP contribution in [0.15, 0.2) is 23.0 Å². The number of rotatable bonds is 4. The van der Waals surface area contributed by atoms with Crippen LogP contribution >= 0.6 is 0 Å². The third kappa shape index (κ3) is 2.32. The molecule has 1 aliphatic carbocycles. The first-order chi connectivity index (χ1) is 9.66. The standard InChI is InChI=1S/C15H19NO4/c17-13(5-4-10-6-7-20-9-10)16-8-11-2-1-3-12(11)14(16)15(18)19/h6-7,9,11-12,14H,1-5,8H2,(H,18,19)/t11-,12-,14+/m1/s1. The number of hydrogen-bond acceptors (Lipinski definition) is 3. The first kappa shape index (κ1) is 13.2. The molecule has 108 valence electrons. The van der Waals surface area contributed by atoms with Gasteiger partial charge < -0.3 is 14.4 Å². The molecule has 1 N–H and O–H groups in total. The third-order valence-electron chi connectivity index (χ3n) is 4.67. The van der Waals surface area contributed by atoms with E-state index in [0.29, 0.717) is 25.3 Å². The fourth-order valence-electron chi connectivity index (χ4n) is 3.71. The van der Waals surface area contributed by atoms with Crippen LogP contribution in [0.25, 0.3) is 0 Å². The number of aliphatic carboxylic acids is 1. The monoisotopic (exact) mass is 277 g/mol. The minimum atomic E-state index is -0.851. The minimum absolute atomic E-state index is 0.0481. The van der Waals surface area contributed by atoms with Crippen molar-refractivity contribution in [2.75, 3.05) is 6.54 Å². The molecule has 1 saturated carbocycles. The topological polar surface area (TPSA) is 70.8 Å². The highest BCUT2D eigenvalue weighted by atomic mass is 16.4. The van der Waals surface area contributed by atoms with Crippen molar-refractivity contribution in [1.82, 2.24) is 4.90 Å². The number of hydrogen-bond donors (Lipinski definition) is 1. The van der Waals surface area contributed by atoms with Gasteiger partial charge in [-0.1, -0.05) is 6.42 Å². The lowest BCUT2D eigenvalue weighted by molar-refractivity contribution is -0.149. The van der Waals surface area contributed by atoms with Gasteiger partial charge in [0.15, 0.2) is 0 Å². The molecule has 3 atom stereocenters. The zero-order valence-corrected chi connectivity index (χ0v) is 11.3. The van der Waals surface area contributed by atoms with Crippen LogP contribution in [0.2, 0.25) is 0 Å². The predicted octanol–water partition coefficient (Wildman–Crippen LogP) is 1.92. The van der Waals surface area contributed by atoms with E-state index in [0.717, 1.165) is 24.8 Å². The van der Waals surface area contributed by atoms with Crippen molar-refractivity contribution in [2.24, 2.45) is 11.8 Å². The molecule has 1 aromatic heterocycles. The number of carboxylic acid groups (broad SMARTS) is 1. The Morgan fingerprint density at radius 2 is 2.25 bits per heavy atom. The summed E-state index contributed by atoms with van der Waals surface area (Å²) in [4.78, 5) is 25.4. The zero-order valence-electron chi connectivity index (χ0n) is 11.3. The summed E-state index contributed by atoms with van der Waals surface area (Å²) in [5, 5.41) is 9.42. The van der Waals surface area contributed by atoms with Gasteiger partial charge in [0.05, 0.1) is 12.5 Å². The molecule has 0 unspecified atom stereocenters. The van der Waals surface area contributed by atoms with E-state index in [-0.39, 0.29) is 11.8 Å². The normalized spacial score (nSPS) is 28.6. The Labute approximate surface area is 117 Å². The lowest BCUT2D eigenvalue weighted by atomic mass is 9.94. The van der Waals surface area contributed by atoms with Gasteiger partial charge in [0.25, 0.3) is 0 Å². The van der Waals surface area contributed by atoms with Crippen LogP contribution in [0.4, 0.5) is 0 Å². The fraction of sp³-hybridized carbons (Fsp3) is 0.600. The van der Waals surface area contributed by atoms with Crippen molar-refractivity contribution < 1.29 is 19.1 Å². The maximum Gasteiger partial charge on any atom is 0.326 e. The molecule has 20 heavy (non-hydrogen) atoms. The van der Waals surface area contributed by atoms with Gasteiger partial charge in [-0.05, 0) is 42.7 Å². The summed E-state index contributed by atoms with van der Waals surface area (Å²) < 4.78 is 4.97. The van der Waals surface area contributed by atoms with E-state index in [1.54, 1.807) is 17.4 Å². The summed E-state index contributed by atoms with van der Waals surface area (Å²) >= 11 is 0. The van der Waals surface area contributed by atoms with Gasteiger partial charge >= 0.3 is 5.97 Å². The van der Waals surface area contributed by atoms with Crippen molar-refractivity contribution in [2.45, 2.75) is 38.1 Å². The lowest BCUT2D eigenvalue weighted by Gasteiger charge is -2.24. The van der Waals surface area contributed by atoms with Gasteiger partial charge in [0.1, 0.15) is 6.04 Å². The Bertz CT molecular complexity index is 496. The molecule has 3 rings (SSSR count). The second kappa shape index (κ2) is 5.31. The molecule has 0 radical (unpaired) electrons. The molecular weight excluding hydrogens is 258 g/mol. The molecule has 2 aliphatic rings. The van der Waals surface area contributed by atoms with Crippen LogP contribution in [-0.4, -0.2) is 34.5 Å². The summed E-state index contributed by atoms with van der Waals surface area (Å²) in [7, 11) is 0. The van der Waals surface area contributed by atoms with Crippen molar-refractivity contribution >= 4 is 11.9 Å². The SMILES string of the molecule is O=C(O)[C@@H]1[C@@H]2CCC[C@@H]2CN1C(=O)CCc1ccoc1. The first-order valence-electron chi connectivity index (χ1n) is 7.20. The highest BCUT2D eigenvalue weighted by molar-refractivity contribution is 5.85. The third-order valence-corrected chi connectivity index (χ3v) is 4.67. The van der Waals surface area contributed by atoms with E-state index in [1.807, 2.05) is 6.07 Å². The molecule has 0 spiro atoms. The number of carbonyl (C=O) groups excluding carboxylic acids is 1. The quantitative estimate of drug-likeness (QED) is 0.912. The van der Waals surface area contributed by atoms with Crippen molar-refractivity contribution in [3.63, 3.8) is 0 Å². The van der Waals surface area contributed by atoms with Crippen LogP contribution in [0.1, 0.15) is 31.2 Å². The Hall–Kier alpha value is -1.78. The Balaban J connectivity index is 1.65. The number of nitrogens with zero attached hydrogens (tertiary/aromatic N) is 1. The summed E-state index contributed by atoms with van der Waals surface area (Å²) in [6, 6.07) is 1.22. The van der Waals surface area contributed by atoms with Gasteiger partial charge in [-0.2, -0.15) is 0 Å².